The number of thiocarbonyl (C=S) groups is 1. The van der Waals surface area contributed by atoms with Crippen LogP contribution in [0.5, 0.6) is 11.6 Å². The summed E-state index contributed by atoms with van der Waals surface area (Å²) in [6.45, 7) is 9.81. The van der Waals surface area contributed by atoms with Crippen molar-refractivity contribution in [3.63, 3.8) is 0 Å². The Bertz CT molecular complexity index is 1360. The van der Waals surface area contributed by atoms with Crippen molar-refractivity contribution in [3.05, 3.63) is 74.0 Å². The molecule has 4 rings (SSSR count). The first-order chi connectivity index (χ1) is 15.7. The minimum absolute atomic E-state index is 0.0205. The monoisotopic (exact) mass is 479 g/mol. The molecule has 8 heteroatoms. The molecule has 1 aromatic carbocycles. The number of aryl methyl sites for hydroxylation is 3. The molecule has 3 aromatic rings. The van der Waals surface area contributed by atoms with Crippen molar-refractivity contribution in [2.24, 2.45) is 0 Å². The van der Waals surface area contributed by atoms with Gasteiger partial charge in [0, 0.05) is 12.2 Å². The van der Waals surface area contributed by atoms with E-state index in [1.54, 1.807) is 23.2 Å². The van der Waals surface area contributed by atoms with Crippen molar-refractivity contribution < 1.29 is 9.53 Å². The molecule has 170 valence electrons. The summed E-state index contributed by atoms with van der Waals surface area (Å²) in [6.07, 6.45) is 4.00. The molecule has 0 radical (unpaired) electrons. The van der Waals surface area contributed by atoms with Crippen LogP contribution in [0.1, 0.15) is 42.5 Å². The van der Waals surface area contributed by atoms with Gasteiger partial charge in [-0.05, 0) is 75.1 Å². The topological polar surface area (TPSA) is 63.9 Å². The molecule has 1 saturated heterocycles. The molecule has 0 bridgehead atoms. The quantitative estimate of drug-likeness (QED) is 0.360. The molecule has 1 unspecified atom stereocenters. The molecule has 33 heavy (non-hydrogen) atoms. The van der Waals surface area contributed by atoms with Gasteiger partial charge in [-0.1, -0.05) is 43.0 Å². The highest BCUT2D eigenvalue weighted by atomic mass is 32.2. The van der Waals surface area contributed by atoms with Gasteiger partial charge in [0.1, 0.15) is 21.3 Å². The average Bonchev–Trinajstić information content (AvgIpc) is 3.03. The fraction of sp³-hybridized carbons (Fsp3) is 0.280. The van der Waals surface area contributed by atoms with Gasteiger partial charge in [0.2, 0.25) is 5.88 Å². The molecule has 1 aliphatic rings. The summed E-state index contributed by atoms with van der Waals surface area (Å²) in [5.74, 6) is 0.540. The SMILES string of the molecule is CCC(C)N1C(=O)/C(=C\c2c(Oc3cc(C)cc(C)c3)nc3c(C)cccn3c2=O)SC1=S. The predicted molar refractivity (Wildman–Crippen MR) is 137 cm³/mol. The number of nitrogens with zero attached hydrogens (tertiary/aromatic N) is 3. The number of thioether (sulfide) groups is 1. The van der Waals surface area contributed by atoms with E-state index >= 15 is 0 Å². The molecule has 1 aliphatic heterocycles. The molecule has 1 amide bonds. The van der Waals surface area contributed by atoms with Crippen molar-refractivity contribution in [1.29, 1.82) is 0 Å². The summed E-state index contributed by atoms with van der Waals surface area (Å²) in [5.41, 5.74) is 3.32. The maximum absolute atomic E-state index is 13.5. The number of hydrogen-bond donors (Lipinski definition) is 0. The van der Waals surface area contributed by atoms with Crippen LogP contribution in [0.2, 0.25) is 0 Å². The van der Waals surface area contributed by atoms with Crippen molar-refractivity contribution in [2.75, 3.05) is 0 Å². The Hall–Kier alpha value is -2.97. The third kappa shape index (κ3) is 4.45. The fourth-order valence-electron chi connectivity index (χ4n) is 3.77. The van der Waals surface area contributed by atoms with E-state index in [4.69, 9.17) is 17.0 Å². The van der Waals surface area contributed by atoms with Crippen molar-refractivity contribution in [3.8, 4) is 11.6 Å². The number of benzene rings is 1. The Morgan fingerprint density at radius 2 is 1.88 bits per heavy atom. The van der Waals surface area contributed by atoms with E-state index in [9.17, 15) is 9.59 Å². The van der Waals surface area contributed by atoms with Gasteiger partial charge in [-0.3, -0.25) is 18.9 Å². The fourth-order valence-corrected chi connectivity index (χ4v) is 5.21. The molecule has 3 heterocycles. The molecular formula is C25H25N3O3S2. The number of ether oxygens (including phenoxy) is 1. The van der Waals surface area contributed by atoms with Gasteiger partial charge in [0.05, 0.1) is 4.91 Å². The first-order valence-corrected chi connectivity index (χ1v) is 12.0. The number of hydrogen-bond acceptors (Lipinski definition) is 6. The van der Waals surface area contributed by atoms with Crippen molar-refractivity contribution >= 4 is 45.9 Å². The van der Waals surface area contributed by atoms with Gasteiger partial charge in [-0.25, -0.2) is 0 Å². The Morgan fingerprint density at radius 3 is 2.55 bits per heavy atom. The molecule has 0 N–H and O–H groups in total. The Morgan fingerprint density at radius 1 is 1.18 bits per heavy atom. The van der Waals surface area contributed by atoms with Crippen LogP contribution >= 0.6 is 24.0 Å². The lowest BCUT2D eigenvalue weighted by Gasteiger charge is -2.21. The predicted octanol–water partition coefficient (Wildman–Crippen LogP) is 5.41. The number of pyridine rings is 1. The third-order valence-corrected chi connectivity index (χ3v) is 6.92. The van der Waals surface area contributed by atoms with Crippen LogP contribution in [0, 0.1) is 20.8 Å². The molecule has 0 aliphatic carbocycles. The average molecular weight is 480 g/mol. The zero-order valence-corrected chi connectivity index (χ0v) is 20.8. The van der Waals surface area contributed by atoms with Crippen LogP contribution in [0.3, 0.4) is 0 Å². The zero-order valence-electron chi connectivity index (χ0n) is 19.2. The Balaban J connectivity index is 1.90. The second kappa shape index (κ2) is 9.11. The van der Waals surface area contributed by atoms with Gasteiger partial charge in [-0.2, -0.15) is 4.98 Å². The highest BCUT2D eigenvalue weighted by Crippen LogP contribution is 2.36. The number of rotatable bonds is 5. The van der Waals surface area contributed by atoms with E-state index in [-0.39, 0.29) is 29.0 Å². The molecular weight excluding hydrogens is 454 g/mol. The zero-order chi connectivity index (χ0) is 23.9. The first-order valence-electron chi connectivity index (χ1n) is 10.7. The van der Waals surface area contributed by atoms with Gasteiger partial charge < -0.3 is 4.74 Å². The van der Waals surface area contributed by atoms with E-state index in [2.05, 4.69) is 4.98 Å². The second-order valence-electron chi connectivity index (χ2n) is 8.26. The third-order valence-electron chi connectivity index (χ3n) is 5.59. The number of fused-ring (bicyclic) bond motifs is 1. The Labute approximate surface area is 202 Å². The lowest BCUT2D eigenvalue weighted by Crippen LogP contribution is -2.36. The highest BCUT2D eigenvalue weighted by molar-refractivity contribution is 8.26. The largest absolute Gasteiger partial charge is 0.438 e. The van der Waals surface area contributed by atoms with Gasteiger partial charge in [0.15, 0.2) is 0 Å². The maximum atomic E-state index is 13.5. The van der Waals surface area contributed by atoms with Crippen LogP contribution in [0.15, 0.2) is 46.2 Å². The normalized spacial score (nSPS) is 16.2. The van der Waals surface area contributed by atoms with E-state index in [1.165, 1.54) is 16.2 Å². The summed E-state index contributed by atoms with van der Waals surface area (Å²) in [7, 11) is 0. The van der Waals surface area contributed by atoms with Crippen LogP contribution in [-0.2, 0) is 4.79 Å². The summed E-state index contributed by atoms with van der Waals surface area (Å²) in [4.78, 5) is 33.3. The molecule has 1 atom stereocenters. The number of carbonyl (C=O) groups excluding carboxylic acids is 1. The van der Waals surface area contributed by atoms with Crippen molar-refractivity contribution in [2.45, 2.75) is 47.1 Å². The van der Waals surface area contributed by atoms with Crippen LogP contribution in [-0.4, -0.2) is 30.6 Å². The number of amides is 1. The number of carbonyl (C=O) groups is 1. The second-order valence-corrected chi connectivity index (χ2v) is 9.93. The summed E-state index contributed by atoms with van der Waals surface area (Å²) in [6, 6.07) is 9.48. The minimum Gasteiger partial charge on any atom is -0.438 e. The van der Waals surface area contributed by atoms with Gasteiger partial charge in [-0.15, -0.1) is 0 Å². The molecule has 1 fully saturated rings. The highest BCUT2D eigenvalue weighted by Gasteiger charge is 2.35. The van der Waals surface area contributed by atoms with Gasteiger partial charge in [0.25, 0.3) is 11.5 Å². The van der Waals surface area contributed by atoms with E-state index in [1.807, 2.05) is 58.9 Å². The van der Waals surface area contributed by atoms with Crippen LogP contribution < -0.4 is 10.3 Å². The molecule has 0 spiro atoms. The minimum atomic E-state index is -0.308. The smallest absolute Gasteiger partial charge is 0.269 e. The van der Waals surface area contributed by atoms with E-state index in [0.29, 0.717) is 20.6 Å². The van der Waals surface area contributed by atoms with E-state index < -0.39 is 0 Å². The number of aromatic nitrogens is 2. The van der Waals surface area contributed by atoms with Crippen LogP contribution in [0.4, 0.5) is 0 Å². The maximum Gasteiger partial charge on any atom is 0.269 e. The standard InChI is InChI=1S/C25H25N3O3S2/c1-6-17(5)28-24(30)20(33-25(28)32)13-19-22(31-18-11-14(2)10-15(3)12-18)26-21-16(4)8-7-9-27(21)23(19)29/h7-13,17H,6H2,1-5H3/b20-13+. The molecule has 2 aromatic heterocycles. The van der Waals surface area contributed by atoms with Crippen LogP contribution in [0.25, 0.3) is 11.7 Å². The lowest BCUT2D eigenvalue weighted by molar-refractivity contribution is -0.123. The van der Waals surface area contributed by atoms with E-state index in [0.717, 1.165) is 23.1 Å². The molecule has 6 nitrogen and oxygen atoms in total. The summed E-state index contributed by atoms with van der Waals surface area (Å²) < 4.78 is 8.11. The Kier molecular flexibility index (Phi) is 6.41. The first kappa shape index (κ1) is 23.2. The van der Waals surface area contributed by atoms with Gasteiger partial charge >= 0.3 is 0 Å². The lowest BCUT2D eigenvalue weighted by atomic mass is 10.1. The summed E-state index contributed by atoms with van der Waals surface area (Å²) in [5, 5.41) is 0. The van der Waals surface area contributed by atoms with Crippen molar-refractivity contribution in [1.82, 2.24) is 14.3 Å². The molecule has 0 saturated carbocycles. The summed E-state index contributed by atoms with van der Waals surface area (Å²) >= 11 is 6.64.